The number of carbonyl (C=O) groups is 2. The van der Waals surface area contributed by atoms with Gasteiger partial charge in [0.2, 0.25) is 0 Å². The van der Waals surface area contributed by atoms with Gasteiger partial charge in [0.05, 0.1) is 5.92 Å². The summed E-state index contributed by atoms with van der Waals surface area (Å²) in [5, 5.41) is 0. The minimum Gasteiger partial charge on any atom is -0.457 e. The van der Waals surface area contributed by atoms with Gasteiger partial charge in [-0.3, -0.25) is 14.5 Å². The Morgan fingerprint density at radius 3 is 2.68 bits per heavy atom. The smallest absolute Gasteiger partial charge is 0.311 e. The van der Waals surface area contributed by atoms with Crippen LogP contribution in [0, 0.1) is 17.3 Å². The van der Waals surface area contributed by atoms with Crippen LogP contribution in [0.15, 0.2) is 23.3 Å². The van der Waals surface area contributed by atoms with E-state index in [0.717, 1.165) is 56.7 Å². The van der Waals surface area contributed by atoms with E-state index >= 15 is 0 Å². The molecule has 2 aliphatic carbocycles. The van der Waals surface area contributed by atoms with Crippen LogP contribution in [-0.2, 0) is 14.3 Å². The SMILES string of the molecule is CC1=C2[C@H]3OC(=O)[C@H](CN4CCN(C)CC4)[C@@H]3CC[C@]2(C)C=CC1=O. The Morgan fingerprint density at radius 1 is 1.24 bits per heavy atom. The molecule has 0 N–H and O–H groups in total. The molecule has 4 atom stereocenters. The van der Waals surface area contributed by atoms with Gasteiger partial charge in [0, 0.05) is 49.6 Å². The van der Waals surface area contributed by atoms with Gasteiger partial charge in [0.15, 0.2) is 5.78 Å². The number of nitrogens with zero attached hydrogens (tertiary/aromatic N) is 2. The fourth-order valence-electron chi connectivity index (χ4n) is 5.09. The minimum absolute atomic E-state index is 0.0562. The molecular weight excluding hydrogens is 316 g/mol. The first kappa shape index (κ1) is 17.0. The Morgan fingerprint density at radius 2 is 1.96 bits per heavy atom. The molecule has 0 aromatic heterocycles. The van der Waals surface area contributed by atoms with Crippen molar-refractivity contribution in [1.29, 1.82) is 0 Å². The van der Waals surface area contributed by atoms with E-state index in [9.17, 15) is 9.59 Å². The number of esters is 1. The van der Waals surface area contributed by atoms with Gasteiger partial charge in [-0.25, -0.2) is 0 Å². The van der Waals surface area contributed by atoms with E-state index in [1.54, 1.807) is 6.08 Å². The summed E-state index contributed by atoms with van der Waals surface area (Å²) in [7, 11) is 2.14. The van der Waals surface area contributed by atoms with Crippen molar-refractivity contribution >= 4 is 11.8 Å². The number of carbonyl (C=O) groups excluding carboxylic acids is 2. The maximum absolute atomic E-state index is 12.7. The molecule has 0 bridgehead atoms. The number of piperazine rings is 1. The molecule has 2 heterocycles. The van der Waals surface area contributed by atoms with Gasteiger partial charge in [0.1, 0.15) is 6.10 Å². The van der Waals surface area contributed by atoms with Crippen LogP contribution < -0.4 is 0 Å². The van der Waals surface area contributed by atoms with Crippen LogP contribution in [0.5, 0.6) is 0 Å². The lowest BCUT2D eigenvalue weighted by Gasteiger charge is -2.43. The van der Waals surface area contributed by atoms with E-state index in [-0.39, 0.29) is 35.1 Å². The Balaban J connectivity index is 1.56. The monoisotopic (exact) mass is 344 g/mol. The molecule has 5 heteroatoms. The van der Waals surface area contributed by atoms with Crippen molar-refractivity contribution in [3.05, 3.63) is 23.3 Å². The van der Waals surface area contributed by atoms with Crippen molar-refractivity contribution in [2.75, 3.05) is 39.8 Å². The summed E-state index contributed by atoms with van der Waals surface area (Å²) < 4.78 is 5.87. The highest BCUT2D eigenvalue weighted by atomic mass is 16.6. The van der Waals surface area contributed by atoms with E-state index < -0.39 is 0 Å². The lowest BCUT2D eigenvalue weighted by atomic mass is 9.61. The average molecular weight is 344 g/mol. The lowest BCUT2D eigenvalue weighted by molar-refractivity contribution is -0.144. The average Bonchev–Trinajstić information content (AvgIpc) is 2.89. The Hall–Kier alpha value is -1.46. The van der Waals surface area contributed by atoms with Gasteiger partial charge in [-0.2, -0.15) is 0 Å². The van der Waals surface area contributed by atoms with Crippen LogP contribution in [0.3, 0.4) is 0 Å². The number of ether oxygens (including phenoxy) is 1. The number of ketones is 1. The molecule has 0 radical (unpaired) electrons. The summed E-state index contributed by atoms with van der Waals surface area (Å²) >= 11 is 0. The summed E-state index contributed by atoms with van der Waals surface area (Å²) in [5.41, 5.74) is 1.71. The van der Waals surface area contributed by atoms with Gasteiger partial charge in [-0.15, -0.1) is 0 Å². The predicted molar refractivity (Wildman–Crippen MR) is 95.0 cm³/mol. The van der Waals surface area contributed by atoms with Crippen molar-refractivity contribution in [2.45, 2.75) is 32.8 Å². The molecule has 25 heavy (non-hydrogen) atoms. The van der Waals surface area contributed by atoms with Crippen LogP contribution in [0.4, 0.5) is 0 Å². The van der Waals surface area contributed by atoms with Crippen LogP contribution in [-0.4, -0.2) is 67.4 Å². The number of likely N-dealkylation sites (N-methyl/N-ethyl adjacent to an activating group) is 1. The second kappa shape index (κ2) is 6.06. The molecule has 2 aliphatic heterocycles. The highest BCUT2D eigenvalue weighted by molar-refractivity contribution is 6.05. The second-order valence-corrected chi connectivity index (χ2v) is 8.42. The number of allylic oxidation sites excluding steroid dienone is 3. The van der Waals surface area contributed by atoms with Crippen molar-refractivity contribution < 1.29 is 14.3 Å². The van der Waals surface area contributed by atoms with Crippen LogP contribution in [0.1, 0.15) is 26.7 Å². The molecule has 5 nitrogen and oxygen atoms in total. The van der Waals surface area contributed by atoms with Gasteiger partial charge in [0.25, 0.3) is 0 Å². The summed E-state index contributed by atoms with van der Waals surface area (Å²) in [6, 6.07) is 0. The highest BCUT2D eigenvalue weighted by Gasteiger charge is 2.54. The molecule has 136 valence electrons. The first-order chi connectivity index (χ1) is 11.9. The number of hydrogen-bond donors (Lipinski definition) is 0. The Labute approximate surface area is 149 Å². The van der Waals surface area contributed by atoms with Crippen LogP contribution in [0.2, 0.25) is 0 Å². The van der Waals surface area contributed by atoms with Gasteiger partial charge < -0.3 is 9.64 Å². The predicted octanol–water partition coefficient (Wildman–Crippen LogP) is 1.65. The zero-order chi connectivity index (χ0) is 17.8. The van der Waals surface area contributed by atoms with E-state index in [4.69, 9.17) is 4.74 Å². The first-order valence-corrected chi connectivity index (χ1v) is 9.45. The standard InChI is InChI=1S/C20H28N2O3/c1-13-16(23)5-7-20(2)6-4-14-15(19(24)25-18(14)17(13)20)12-22-10-8-21(3)9-11-22/h5,7,14-15,18H,4,6,8-12H2,1-3H3/t14-,15+,18-,20+/m0/s1. The molecule has 1 saturated carbocycles. The molecule has 0 amide bonds. The fourth-order valence-corrected chi connectivity index (χ4v) is 5.09. The van der Waals surface area contributed by atoms with Crippen LogP contribution >= 0.6 is 0 Å². The number of rotatable bonds is 2. The van der Waals surface area contributed by atoms with Crippen LogP contribution in [0.25, 0.3) is 0 Å². The maximum Gasteiger partial charge on any atom is 0.311 e. The summed E-state index contributed by atoms with van der Waals surface area (Å²) in [5.74, 6) is 0.149. The van der Waals surface area contributed by atoms with E-state index in [0.29, 0.717) is 0 Å². The van der Waals surface area contributed by atoms with Crippen molar-refractivity contribution in [3.63, 3.8) is 0 Å². The molecule has 0 spiro atoms. The fraction of sp³-hybridized carbons (Fsp3) is 0.700. The molecule has 4 aliphatic rings. The summed E-state index contributed by atoms with van der Waals surface area (Å²) in [4.78, 5) is 29.6. The lowest BCUT2D eigenvalue weighted by Crippen LogP contribution is -2.48. The molecule has 3 fully saturated rings. The molecule has 0 unspecified atom stereocenters. The highest BCUT2D eigenvalue weighted by Crippen LogP contribution is 2.53. The minimum atomic E-state index is -0.211. The third-order valence-corrected chi connectivity index (χ3v) is 6.78. The van der Waals surface area contributed by atoms with Gasteiger partial charge >= 0.3 is 5.97 Å². The third-order valence-electron chi connectivity index (χ3n) is 6.78. The molecule has 0 aromatic rings. The van der Waals surface area contributed by atoms with Crippen molar-refractivity contribution in [2.24, 2.45) is 17.3 Å². The largest absolute Gasteiger partial charge is 0.457 e. The number of hydrogen-bond acceptors (Lipinski definition) is 5. The van der Waals surface area contributed by atoms with E-state index in [1.165, 1.54) is 0 Å². The Bertz CT molecular complexity index is 660. The second-order valence-electron chi connectivity index (χ2n) is 8.42. The van der Waals surface area contributed by atoms with E-state index in [1.807, 2.05) is 13.0 Å². The molecule has 4 rings (SSSR count). The normalized spacial score (nSPS) is 39.4. The van der Waals surface area contributed by atoms with Crippen molar-refractivity contribution in [3.8, 4) is 0 Å². The first-order valence-electron chi connectivity index (χ1n) is 9.45. The van der Waals surface area contributed by atoms with Gasteiger partial charge in [-0.05, 0) is 38.5 Å². The summed E-state index contributed by atoms with van der Waals surface area (Å²) in [6.45, 7) is 8.99. The number of fused-ring (bicyclic) bond motifs is 3. The third kappa shape index (κ3) is 2.77. The molecule has 2 saturated heterocycles. The zero-order valence-corrected chi connectivity index (χ0v) is 15.5. The van der Waals surface area contributed by atoms with Crippen molar-refractivity contribution in [1.82, 2.24) is 9.80 Å². The molecular formula is C20H28N2O3. The molecule has 0 aromatic carbocycles. The quantitative estimate of drug-likeness (QED) is 0.713. The van der Waals surface area contributed by atoms with Gasteiger partial charge in [-0.1, -0.05) is 13.0 Å². The Kier molecular flexibility index (Phi) is 4.12. The summed E-state index contributed by atoms with van der Waals surface area (Å²) in [6.07, 6.45) is 5.48. The zero-order valence-electron chi connectivity index (χ0n) is 15.5. The topological polar surface area (TPSA) is 49.9 Å². The maximum atomic E-state index is 12.7. The van der Waals surface area contributed by atoms with E-state index in [2.05, 4.69) is 23.8 Å².